The lowest BCUT2D eigenvalue weighted by Crippen LogP contribution is -2.44. The van der Waals surface area contributed by atoms with E-state index < -0.39 is 24.3 Å². The van der Waals surface area contributed by atoms with Crippen LogP contribution < -0.4 is 5.11 Å². The molecule has 0 heterocycles. The molecule has 0 N–H and O–H groups in total. The van der Waals surface area contributed by atoms with Crippen LogP contribution in [0.15, 0.2) is 97.2 Å². The molecule has 0 aliphatic heterocycles. The number of unbranched alkanes of at least 4 members (excludes halogenated alkanes) is 25. The molecule has 9 nitrogen and oxygen atoms in total. The highest BCUT2D eigenvalue weighted by Crippen LogP contribution is 2.16. The van der Waals surface area contributed by atoms with E-state index in [9.17, 15) is 19.5 Å². The highest BCUT2D eigenvalue weighted by Gasteiger charge is 2.22. The minimum Gasteiger partial charge on any atom is -0.545 e. The molecule has 0 spiro atoms. The van der Waals surface area contributed by atoms with Gasteiger partial charge in [0.05, 0.1) is 40.3 Å². The summed E-state index contributed by atoms with van der Waals surface area (Å²) >= 11 is 0. The SMILES string of the molecule is CC/C=C\C/C=C\C/C=C\C/C=C\C/C=C\C/C=C\CCCCCCCCCCCCCCCCCCC(=O)OC(COC(=O)CCCCCCC/C=C\C/C=C\CCCCCC)COC(OCC[N+](C)(C)C)C(=O)[O-]. The molecule has 0 rings (SSSR count). The van der Waals surface area contributed by atoms with Crippen LogP contribution in [0.5, 0.6) is 0 Å². The number of nitrogens with zero attached hydrogens (tertiary/aromatic N) is 1. The van der Waals surface area contributed by atoms with Crippen molar-refractivity contribution in [2.75, 3.05) is 47.5 Å². The van der Waals surface area contributed by atoms with Crippen LogP contribution in [0.1, 0.15) is 251 Å². The second-order valence-corrected chi connectivity index (χ2v) is 21.6. The molecule has 0 amide bonds. The number of likely N-dealkylation sites (N-methyl/N-ethyl adjacent to an activating group) is 1. The summed E-state index contributed by atoms with van der Waals surface area (Å²) in [5.41, 5.74) is 0. The van der Waals surface area contributed by atoms with Crippen molar-refractivity contribution in [1.29, 1.82) is 0 Å². The van der Waals surface area contributed by atoms with E-state index in [0.717, 1.165) is 103 Å². The van der Waals surface area contributed by atoms with Crippen molar-refractivity contribution in [1.82, 2.24) is 0 Å². The highest BCUT2D eigenvalue weighted by atomic mass is 16.7. The second-order valence-electron chi connectivity index (χ2n) is 21.6. The average Bonchev–Trinajstić information content (AvgIpc) is 3.39. The monoisotopic (exact) mass is 1060 g/mol. The summed E-state index contributed by atoms with van der Waals surface area (Å²) in [6, 6.07) is 0. The van der Waals surface area contributed by atoms with Gasteiger partial charge in [-0.2, -0.15) is 0 Å². The van der Waals surface area contributed by atoms with E-state index >= 15 is 0 Å². The number of aliphatic carboxylic acids is 1. The number of ether oxygens (including phenoxy) is 4. The van der Waals surface area contributed by atoms with Crippen LogP contribution in [0, 0.1) is 0 Å². The van der Waals surface area contributed by atoms with Crippen LogP contribution in [0.3, 0.4) is 0 Å². The summed E-state index contributed by atoms with van der Waals surface area (Å²) < 4.78 is 22.7. The van der Waals surface area contributed by atoms with Gasteiger partial charge >= 0.3 is 11.9 Å². The van der Waals surface area contributed by atoms with E-state index in [1.807, 2.05) is 21.1 Å². The molecule has 0 saturated heterocycles. The number of allylic oxidation sites excluding steroid dienone is 16. The number of hydrogen-bond donors (Lipinski definition) is 0. The summed E-state index contributed by atoms with van der Waals surface area (Å²) in [4.78, 5) is 37.3. The molecule has 2 unspecified atom stereocenters. The molecule has 0 aromatic rings. The maximum Gasteiger partial charge on any atom is 0.306 e. The number of esters is 2. The maximum atomic E-state index is 12.9. The lowest BCUT2D eigenvalue weighted by Gasteiger charge is -2.26. The zero-order valence-electron chi connectivity index (χ0n) is 49.6. The molecular formula is C67H115NO8. The number of carboxylic acids is 1. The molecule has 436 valence electrons. The van der Waals surface area contributed by atoms with E-state index in [4.69, 9.17) is 18.9 Å². The van der Waals surface area contributed by atoms with Gasteiger partial charge in [-0.25, -0.2) is 0 Å². The Bertz CT molecular complexity index is 1570. The zero-order chi connectivity index (χ0) is 55.5. The van der Waals surface area contributed by atoms with Gasteiger partial charge in [-0.1, -0.05) is 239 Å². The fourth-order valence-electron chi connectivity index (χ4n) is 8.34. The molecular weight excluding hydrogens is 947 g/mol. The third-order valence-corrected chi connectivity index (χ3v) is 13.1. The molecule has 0 aliphatic rings. The third kappa shape index (κ3) is 57.9. The first-order chi connectivity index (χ1) is 37.1. The minimum absolute atomic E-state index is 0.143. The van der Waals surface area contributed by atoms with Crippen molar-refractivity contribution in [3.05, 3.63) is 97.2 Å². The summed E-state index contributed by atoms with van der Waals surface area (Å²) in [7, 11) is 5.92. The van der Waals surface area contributed by atoms with Gasteiger partial charge in [-0.3, -0.25) is 9.59 Å². The lowest BCUT2D eigenvalue weighted by molar-refractivity contribution is -0.870. The van der Waals surface area contributed by atoms with E-state index in [1.165, 1.54) is 116 Å². The Morgan fingerprint density at radius 1 is 0.408 bits per heavy atom. The number of carbonyl (C=O) groups excluding carboxylic acids is 3. The predicted molar refractivity (Wildman–Crippen MR) is 320 cm³/mol. The largest absolute Gasteiger partial charge is 0.545 e. The van der Waals surface area contributed by atoms with Gasteiger partial charge in [-0.05, 0) is 96.3 Å². The average molecular weight is 1060 g/mol. The molecule has 0 fully saturated rings. The van der Waals surface area contributed by atoms with Gasteiger partial charge in [0.1, 0.15) is 13.2 Å². The summed E-state index contributed by atoms with van der Waals surface area (Å²) in [5.74, 6) is -2.30. The quantitative estimate of drug-likeness (QED) is 0.0195. The standard InChI is InChI=1S/C67H115NO8/c1-6-8-10-12-14-16-18-20-22-24-25-26-27-28-29-30-31-32-33-34-35-36-37-38-39-40-41-42-44-46-48-50-52-54-56-58-65(70)76-63(62-75-67(66(71)72)73-60-59-68(3,4)5)61-74-64(69)57-55-53-51-49-47-45-43-23-21-19-17-15-13-11-9-7-2/h8,10,14,16-17,19-20,22-23,25-26,28-29,31-32,43,63,67H,6-7,9,11-13,15,18,21,24,27,30,33-42,44-62H2,1-5H3/b10-8-,16-14-,19-17-,22-20-,26-25-,29-28-,32-31-,43-23-. The van der Waals surface area contributed by atoms with Crippen LogP contribution >= 0.6 is 0 Å². The summed E-state index contributed by atoms with van der Waals surface area (Å²) in [6.07, 6.45) is 74.7. The van der Waals surface area contributed by atoms with Crippen LogP contribution in [0.2, 0.25) is 0 Å². The van der Waals surface area contributed by atoms with Gasteiger partial charge in [0.2, 0.25) is 0 Å². The van der Waals surface area contributed by atoms with E-state index in [2.05, 4.69) is 111 Å². The number of rotatable bonds is 56. The normalized spacial score (nSPS) is 13.4. The van der Waals surface area contributed by atoms with Crippen molar-refractivity contribution in [3.63, 3.8) is 0 Å². The van der Waals surface area contributed by atoms with Gasteiger partial charge in [0, 0.05) is 12.8 Å². The van der Waals surface area contributed by atoms with Crippen LogP contribution in [-0.4, -0.2) is 82.3 Å². The van der Waals surface area contributed by atoms with Crippen molar-refractivity contribution >= 4 is 17.9 Å². The summed E-state index contributed by atoms with van der Waals surface area (Å²) in [6.45, 7) is 4.60. The molecule has 0 bridgehead atoms. The number of hydrogen-bond acceptors (Lipinski definition) is 8. The predicted octanol–water partition coefficient (Wildman–Crippen LogP) is 17.2. The molecule has 0 saturated carbocycles. The van der Waals surface area contributed by atoms with Crippen molar-refractivity contribution < 1.29 is 42.9 Å². The molecule has 0 aliphatic carbocycles. The first-order valence-corrected chi connectivity index (χ1v) is 30.9. The van der Waals surface area contributed by atoms with Gasteiger partial charge in [-0.15, -0.1) is 0 Å². The molecule has 0 aromatic heterocycles. The Hall–Kier alpha value is -3.79. The van der Waals surface area contributed by atoms with Crippen molar-refractivity contribution in [3.8, 4) is 0 Å². The topological polar surface area (TPSA) is 111 Å². The van der Waals surface area contributed by atoms with Gasteiger partial charge in [0.15, 0.2) is 12.4 Å². The van der Waals surface area contributed by atoms with Crippen molar-refractivity contribution in [2.45, 2.75) is 264 Å². The highest BCUT2D eigenvalue weighted by molar-refractivity contribution is 5.70. The number of carboxylic acid groups (broad SMARTS) is 1. The van der Waals surface area contributed by atoms with Gasteiger partial charge in [0.25, 0.3) is 0 Å². The third-order valence-electron chi connectivity index (χ3n) is 13.1. The molecule has 0 radical (unpaired) electrons. The molecule has 76 heavy (non-hydrogen) atoms. The molecule has 9 heteroatoms. The number of quaternary nitrogens is 1. The van der Waals surface area contributed by atoms with Crippen molar-refractivity contribution in [2.24, 2.45) is 0 Å². The second kappa shape index (κ2) is 57.4. The first-order valence-electron chi connectivity index (χ1n) is 30.9. The Labute approximate surface area is 467 Å². The smallest absolute Gasteiger partial charge is 0.306 e. The minimum atomic E-state index is -1.63. The molecule has 0 aromatic carbocycles. The van der Waals surface area contributed by atoms with Gasteiger partial charge < -0.3 is 33.3 Å². The van der Waals surface area contributed by atoms with E-state index in [-0.39, 0.29) is 38.6 Å². The van der Waals surface area contributed by atoms with Crippen LogP contribution in [0.25, 0.3) is 0 Å². The van der Waals surface area contributed by atoms with E-state index in [0.29, 0.717) is 17.4 Å². The first kappa shape index (κ1) is 72.2. The van der Waals surface area contributed by atoms with E-state index in [1.54, 1.807) is 0 Å². The van der Waals surface area contributed by atoms with Crippen LogP contribution in [-0.2, 0) is 33.3 Å². The Morgan fingerprint density at radius 2 is 0.750 bits per heavy atom. The fourth-order valence-corrected chi connectivity index (χ4v) is 8.34. The Balaban J connectivity index is 4.12. The van der Waals surface area contributed by atoms with Crippen LogP contribution in [0.4, 0.5) is 0 Å². The Kier molecular flexibility index (Phi) is 54.5. The summed E-state index contributed by atoms with van der Waals surface area (Å²) in [5, 5.41) is 11.8. The lowest BCUT2D eigenvalue weighted by atomic mass is 10.0. The Morgan fingerprint density at radius 3 is 1.12 bits per heavy atom. The number of carbonyl (C=O) groups is 3. The fraction of sp³-hybridized carbons (Fsp3) is 0.716. The molecule has 2 atom stereocenters. The zero-order valence-corrected chi connectivity index (χ0v) is 49.6. The maximum absolute atomic E-state index is 12.9.